The van der Waals surface area contributed by atoms with Gasteiger partial charge in [0.2, 0.25) is 0 Å². The Kier molecular flexibility index (Phi) is 3.56. The van der Waals surface area contributed by atoms with Crippen LogP contribution in [0.3, 0.4) is 0 Å². The number of hydrogen-bond acceptors (Lipinski definition) is 5. The molecule has 1 heterocycles. The molecule has 2 aromatic carbocycles. The Balaban J connectivity index is 1.74. The van der Waals surface area contributed by atoms with E-state index in [9.17, 15) is 9.90 Å². The van der Waals surface area contributed by atoms with Crippen LogP contribution in [0.4, 0.5) is 5.69 Å². The summed E-state index contributed by atoms with van der Waals surface area (Å²) in [6.45, 7) is 5.75. The molecule has 0 aromatic heterocycles. The second kappa shape index (κ2) is 5.54. The maximum absolute atomic E-state index is 12.1. The molecule has 0 saturated heterocycles. The molecule has 5 nitrogen and oxygen atoms in total. The summed E-state index contributed by atoms with van der Waals surface area (Å²) in [7, 11) is 0. The first-order valence-corrected chi connectivity index (χ1v) is 6.76. The van der Waals surface area contributed by atoms with Gasteiger partial charge in [-0.3, -0.25) is 0 Å². The zero-order valence-electron chi connectivity index (χ0n) is 12.0. The Morgan fingerprint density at radius 3 is 2.59 bits per heavy atom. The first kappa shape index (κ1) is 14.2. The van der Waals surface area contributed by atoms with E-state index in [1.54, 1.807) is 30.3 Å². The number of benzene rings is 2. The van der Waals surface area contributed by atoms with Crippen molar-refractivity contribution in [3.8, 4) is 11.5 Å². The number of aliphatic hydroxyl groups excluding tert-OH is 1. The number of esters is 1. The lowest BCUT2D eigenvalue weighted by Crippen LogP contribution is -2.17. The fraction of sp³-hybridized carbons (Fsp3) is 0.118. The molecule has 0 saturated carbocycles. The summed E-state index contributed by atoms with van der Waals surface area (Å²) in [5.74, 6) is 0.332. The summed E-state index contributed by atoms with van der Waals surface area (Å²) in [6.07, 6.45) is -1.07. The summed E-state index contributed by atoms with van der Waals surface area (Å²) < 4.78 is 10.4. The summed E-state index contributed by atoms with van der Waals surface area (Å²) in [4.78, 5) is 12.1. The largest absolute Gasteiger partial charge is 0.445 e. The van der Waals surface area contributed by atoms with Gasteiger partial charge in [-0.25, -0.2) is 4.79 Å². The van der Waals surface area contributed by atoms with Crippen molar-refractivity contribution < 1.29 is 19.4 Å². The van der Waals surface area contributed by atoms with E-state index in [-0.39, 0.29) is 0 Å². The summed E-state index contributed by atoms with van der Waals surface area (Å²) in [6, 6.07) is 11.9. The van der Waals surface area contributed by atoms with Crippen molar-refractivity contribution in [3.05, 3.63) is 60.2 Å². The lowest BCUT2D eigenvalue weighted by Gasteiger charge is -2.06. The van der Waals surface area contributed by atoms with Crippen LogP contribution in [0.15, 0.2) is 49.0 Å². The summed E-state index contributed by atoms with van der Waals surface area (Å²) in [5.41, 5.74) is 3.01. The van der Waals surface area contributed by atoms with Crippen LogP contribution < -0.4 is 14.8 Å². The molecule has 2 N–H and O–H groups in total. The smallest absolute Gasteiger partial charge is 0.343 e. The van der Waals surface area contributed by atoms with Crippen molar-refractivity contribution in [1.29, 1.82) is 0 Å². The summed E-state index contributed by atoms with van der Waals surface area (Å²) >= 11 is 0. The van der Waals surface area contributed by atoms with E-state index in [2.05, 4.69) is 11.9 Å². The fourth-order valence-electron chi connectivity index (χ4n) is 2.12. The van der Waals surface area contributed by atoms with E-state index in [1.807, 2.05) is 19.1 Å². The van der Waals surface area contributed by atoms with Gasteiger partial charge in [-0.15, -0.1) is 0 Å². The molecule has 1 unspecified atom stereocenters. The van der Waals surface area contributed by atoms with E-state index < -0.39 is 12.4 Å². The Hall–Kier alpha value is -2.79. The Labute approximate surface area is 127 Å². The number of carbonyl (C=O) groups excluding carboxylic acids is 1. The van der Waals surface area contributed by atoms with Crippen LogP contribution in [0.25, 0.3) is 5.57 Å². The standard InChI is InChI=1S/C17H15NO4/c1-10(2)11-3-5-12(6-4-11)16(19)21-13-7-8-14-15(9-13)22-17(20)18-14/h3-9,17-18,20H,1H2,2H3. The number of aliphatic hydroxyl groups is 1. The van der Waals surface area contributed by atoms with Gasteiger partial charge < -0.3 is 19.9 Å². The Morgan fingerprint density at radius 2 is 1.91 bits per heavy atom. The molecule has 0 aliphatic carbocycles. The molecule has 112 valence electrons. The fourth-order valence-corrected chi connectivity index (χ4v) is 2.12. The second-order valence-electron chi connectivity index (χ2n) is 5.02. The molecular formula is C17H15NO4. The van der Waals surface area contributed by atoms with Gasteiger partial charge in [0.15, 0.2) is 5.75 Å². The van der Waals surface area contributed by atoms with Gasteiger partial charge in [-0.05, 0) is 36.8 Å². The monoisotopic (exact) mass is 297 g/mol. The molecule has 1 aliphatic heterocycles. The van der Waals surface area contributed by atoms with Gasteiger partial charge in [0, 0.05) is 6.07 Å². The minimum absolute atomic E-state index is 0.351. The van der Waals surface area contributed by atoms with Crippen LogP contribution in [0, 0.1) is 0 Å². The number of allylic oxidation sites excluding steroid dienone is 1. The molecule has 0 spiro atoms. The van der Waals surface area contributed by atoms with Crippen molar-refractivity contribution in [2.24, 2.45) is 0 Å². The number of nitrogens with one attached hydrogen (secondary N) is 1. The highest BCUT2D eigenvalue weighted by atomic mass is 16.6. The second-order valence-corrected chi connectivity index (χ2v) is 5.02. The van der Waals surface area contributed by atoms with Crippen LogP contribution in [0.1, 0.15) is 22.8 Å². The molecule has 3 rings (SSSR count). The van der Waals surface area contributed by atoms with Crippen LogP contribution >= 0.6 is 0 Å². The van der Waals surface area contributed by atoms with Crippen molar-refractivity contribution in [3.63, 3.8) is 0 Å². The van der Waals surface area contributed by atoms with Crippen molar-refractivity contribution >= 4 is 17.2 Å². The van der Waals surface area contributed by atoms with Crippen LogP contribution in [-0.4, -0.2) is 17.5 Å². The lowest BCUT2D eigenvalue weighted by molar-refractivity contribution is 0.0210. The molecule has 1 aliphatic rings. The van der Waals surface area contributed by atoms with Crippen LogP contribution in [0.2, 0.25) is 0 Å². The van der Waals surface area contributed by atoms with Gasteiger partial charge in [-0.2, -0.15) is 0 Å². The van der Waals surface area contributed by atoms with E-state index in [1.165, 1.54) is 0 Å². The quantitative estimate of drug-likeness (QED) is 0.673. The molecule has 22 heavy (non-hydrogen) atoms. The number of fused-ring (bicyclic) bond motifs is 1. The summed E-state index contributed by atoms with van der Waals surface area (Å²) in [5, 5.41) is 12.0. The van der Waals surface area contributed by atoms with Crippen molar-refractivity contribution in [2.75, 3.05) is 5.32 Å². The molecule has 5 heteroatoms. The Morgan fingerprint density at radius 1 is 1.23 bits per heavy atom. The van der Waals surface area contributed by atoms with Gasteiger partial charge in [0.25, 0.3) is 6.41 Å². The highest BCUT2D eigenvalue weighted by Crippen LogP contribution is 2.34. The highest BCUT2D eigenvalue weighted by molar-refractivity contribution is 5.91. The number of ether oxygens (including phenoxy) is 2. The topological polar surface area (TPSA) is 67.8 Å². The van der Waals surface area contributed by atoms with Gasteiger partial charge in [0.1, 0.15) is 5.75 Å². The number of anilines is 1. The molecule has 0 amide bonds. The third-order valence-corrected chi connectivity index (χ3v) is 3.29. The SMILES string of the molecule is C=C(C)c1ccc(C(=O)Oc2ccc3c(c2)OC(O)N3)cc1. The predicted octanol–water partition coefficient (Wildman–Crippen LogP) is 3.02. The average Bonchev–Trinajstić information content (AvgIpc) is 2.86. The minimum atomic E-state index is -1.07. The van der Waals surface area contributed by atoms with Crippen LogP contribution in [-0.2, 0) is 0 Å². The van der Waals surface area contributed by atoms with E-state index in [0.29, 0.717) is 22.7 Å². The van der Waals surface area contributed by atoms with E-state index in [4.69, 9.17) is 9.47 Å². The molecule has 0 bridgehead atoms. The third-order valence-electron chi connectivity index (χ3n) is 3.29. The normalized spacial score (nSPS) is 15.5. The lowest BCUT2D eigenvalue weighted by atomic mass is 10.1. The maximum atomic E-state index is 12.1. The highest BCUT2D eigenvalue weighted by Gasteiger charge is 2.20. The molecule has 0 radical (unpaired) electrons. The average molecular weight is 297 g/mol. The van der Waals surface area contributed by atoms with Crippen LogP contribution in [0.5, 0.6) is 11.5 Å². The molecular weight excluding hydrogens is 282 g/mol. The zero-order chi connectivity index (χ0) is 15.7. The zero-order valence-corrected chi connectivity index (χ0v) is 12.0. The first-order valence-electron chi connectivity index (χ1n) is 6.76. The van der Waals surface area contributed by atoms with Gasteiger partial charge in [0.05, 0.1) is 11.3 Å². The van der Waals surface area contributed by atoms with E-state index >= 15 is 0 Å². The van der Waals surface area contributed by atoms with Gasteiger partial charge >= 0.3 is 5.97 Å². The van der Waals surface area contributed by atoms with Crippen molar-refractivity contribution in [1.82, 2.24) is 0 Å². The third kappa shape index (κ3) is 2.80. The van der Waals surface area contributed by atoms with E-state index in [0.717, 1.165) is 11.1 Å². The molecule has 1 atom stereocenters. The van der Waals surface area contributed by atoms with Gasteiger partial charge in [-0.1, -0.05) is 24.3 Å². The predicted molar refractivity (Wildman–Crippen MR) is 82.8 cm³/mol. The Bertz CT molecular complexity index is 737. The number of hydrogen-bond donors (Lipinski definition) is 2. The molecule has 0 fully saturated rings. The minimum Gasteiger partial charge on any atom is -0.445 e. The number of rotatable bonds is 3. The maximum Gasteiger partial charge on any atom is 0.343 e. The van der Waals surface area contributed by atoms with Crippen molar-refractivity contribution in [2.45, 2.75) is 13.3 Å². The number of carbonyl (C=O) groups is 1. The first-order chi connectivity index (χ1) is 10.5. The molecule has 2 aromatic rings.